The van der Waals surface area contributed by atoms with E-state index in [4.69, 9.17) is 0 Å². The summed E-state index contributed by atoms with van der Waals surface area (Å²) in [5.74, 6) is -0.706. The Labute approximate surface area is 133 Å². The van der Waals surface area contributed by atoms with Gasteiger partial charge < -0.3 is 9.64 Å². The first-order valence-corrected chi connectivity index (χ1v) is 6.65. The molecule has 0 aliphatic heterocycles. The standard InChI is InChI=1S/C14H10F3N5O2/c1-21(9-3-5-10(6-4-9)24-14(15,16)17)12(23)11-19-13-18-7-2-8-22(13)20-11/h2-8H,1H3. The van der Waals surface area contributed by atoms with Gasteiger partial charge in [-0.1, -0.05) is 0 Å². The third-order valence-corrected chi connectivity index (χ3v) is 3.07. The molecule has 0 aliphatic carbocycles. The quantitative estimate of drug-likeness (QED) is 0.733. The largest absolute Gasteiger partial charge is 0.573 e. The highest BCUT2D eigenvalue weighted by Crippen LogP contribution is 2.25. The molecule has 10 heteroatoms. The lowest BCUT2D eigenvalue weighted by Gasteiger charge is -2.16. The van der Waals surface area contributed by atoms with Crippen LogP contribution in [0.1, 0.15) is 10.6 Å². The molecule has 1 amide bonds. The number of anilines is 1. The van der Waals surface area contributed by atoms with Crippen LogP contribution in [0, 0.1) is 0 Å². The number of nitrogens with zero attached hydrogens (tertiary/aromatic N) is 5. The van der Waals surface area contributed by atoms with E-state index < -0.39 is 12.3 Å². The highest BCUT2D eigenvalue weighted by molar-refractivity contribution is 6.03. The molecule has 0 spiro atoms. The van der Waals surface area contributed by atoms with E-state index in [0.717, 1.165) is 12.1 Å². The zero-order chi connectivity index (χ0) is 17.3. The topological polar surface area (TPSA) is 72.6 Å². The predicted octanol–water partition coefficient (Wildman–Crippen LogP) is 2.30. The molecule has 7 nitrogen and oxygen atoms in total. The number of ether oxygens (including phenoxy) is 1. The molecule has 2 aromatic heterocycles. The van der Waals surface area contributed by atoms with Crippen LogP contribution in [0.4, 0.5) is 18.9 Å². The van der Waals surface area contributed by atoms with Crippen LogP contribution in [0.2, 0.25) is 0 Å². The van der Waals surface area contributed by atoms with E-state index in [-0.39, 0.29) is 17.4 Å². The molecule has 124 valence electrons. The average molecular weight is 337 g/mol. The maximum Gasteiger partial charge on any atom is 0.573 e. The summed E-state index contributed by atoms with van der Waals surface area (Å²) in [6, 6.07) is 6.52. The first-order valence-electron chi connectivity index (χ1n) is 6.65. The van der Waals surface area contributed by atoms with Crippen LogP contribution in [-0.2, 0) is 0 Å². The second-order valence-electron chi connectivity index (χ2n) is 4.71. The van der Waals surface area contributed by atoms with Crippen molar-refractivity contribution in [3.8, 4) is 5.75 Å². The van der Waals surface area contributed by atoms with Crippen molar-refractivity contribution < 1.29 is 22.7 Å². The van der Waals surface area contributed by atoms with Gasteiger partial charge in [0, 0.05) is 25.1 Å². The van der Waals surface area contributed by atoms with Crippen molar-refractivity contribution >= 4 is 17.4 Å². The number of rotatable bonds is 3. The van der Waals surface area contributed by atoms with E-state index in [1.165, 1.54) is 34.8 Å². The number of alkyl halides is 3. The van der Waals surface area contributed by atoms with Crippen LogP contribution in [0.25, 0.3) is 5.78 Å². The number of carbonyl (C=O) groups excluding carboxylic acids is 1. The number of amides is 1. The van der Waals surface area contributed by atoms with Gasteiger partial charge in [-0.05, 0) is 30.3 Å². The smallest absolute Gasteiger partial charge is 0.406 e. The van der Waals surface area contributed by atoms with Crippen molar-refractivity contribution in [3.63, 3.8) is 0 Å². The van der Waals surface area contributed by atoms with Crippen molar-refractivity contribution in [2.24, 2.45) is 0 Å². The number of hydrogen-bond donors (Lipinski definition) is 0. The molecule has 3 rings (SSSR count). The number of carbonyl (C=O) groups is 1. The van der Waals surface area contributed by atoms with Gasteiger partial charge in [0.25, 0.3) is 11.7 Å². The SMILES string of the molecule is CN(C(=O)c1nc2ncccn2n1)c1ccc(OC(F)(F)F)cc1. The van der Waals surface area contributed by atoms with Crippen LogP contribution in [-0.4, -0.2) is 38.9 Å². The van der Waals surface area contributed by atoms with E-state index in [1.54, 1.807) is 12.3 Å². The second kappa shape index (κ2) is 5.80. The van der Waals surface area contributed by atoms with Crippen LogP contribution in [0.5, 0.6) is 5.75 Å². The average Bonchev–Trinajstić information content (AvgIpc) is 2.96. The Balaban J connectivity index is 1.80. The van der Waals surface area contributed by atoms with Gasteiger partial charge in [-0.3, -0.25) is 4.79 Å². The minimum absolute atomic E-state index is 0.0770. The third-order valence-electron chi connectivity index (χ3n) is 3.07. The van der Waals surface area contributed by atoms with Gasteiger partial charge in [-0.15, -0.1) is 18.3 Å². The first-order chi connectivity index (χ1) is 11.3. The third kappa shape index (κ3) is 3.26. The first kappa shape index (κ1) is 15.7. The van der Waals surface area contributed by atoms with Crippen molar-refractivity contribution in [2.75, 3.05) is 11.9 Å². The Hall–Kier alpha value is -3.17. The summed E-state index contributed by atoms with van der Waals surface area (Å²) < 4.78 is 41.5. The molecule has 24 heavy (non-hydrogen) atoms. The van der Waals surface area contributed by atoms with Gasteiger partial charge >= 0.3 is 6.36 Å². The summed E-state index contributed by atoms with van der Waals surface area (Å²) in [6.07, 6.45) is -1.66. The van der Waals surface area contributed by atoms with E-state index in [1.807, 2.05) is 0 Å². The summed E-state index contributed by atoms with van der Waals surface area (Å²) in [4.78, 5) is 21.6. The molecule has 0 N–H and O–H groups in total. The van der Waals surface area contributed by atoms with E-state index in [9.17, 15) is 18.0 Å². The minimum Gasteiger partial charge on any atom is -0.406 e. The highest BCUT2D eigenvalue weighted by Gasteiger charge is 2.31. The molecule has 1 aromatic carbocycles. The number of halogens is 3. The monoisotopic (exact) mass is 337 g/mol. The number of benzene rings is 1. The van der Waals surface area contributed by atoms with Crippen molar-refractivity contribution in [1.82, 2.24) is 19.6 Å². The Morgan fingerprint density at radius 1 is 1.25 bits per heavy atom. The Bertz CT molecular complexity index is 843. The zero-order valence-corrected chi connectivity index (χ0v) is 12.2. The fourth-order valence-corrected chi connectivity index (χ4v) is 1.96. The number of fused-ring (bicyclic) bond motifs is 1. The van der Waals surface area contributed by atoms with Crippen molar-refractivity contribution in [3.05, 3.63) is 48.5 Å². The molecule has 0 aliphatic rings. The molecule has 0 bridgehead atoms. The number of aromatic nitrogens is 4. The van der Waals surface area contributed by atoms with Crippen molar-refractivity contribution in [1.29, 1.82) is 0 Å². The summed E-state index contributed by atoms with van der Waals surface area (Å²) in [6.45, 7) is 0. The van der Waals surface area contributed by atoms with Gasteiger partial charge in [0.05, 0.1) is 0 Å². The highest BCUT2D eigenvalue weighted by atomic mass is 19.4. The second-order valence-corrected chi connectivity index (χ2v) is 4.71. The molecule has 0 saturated heterocycles. The fourth-order valence-electron chi connectivity index (χ4n) is 1.96. The van der Waals surface area contributed by atoms with Crippen LogP contribution in [0.3, 0.4) is 0 Å². The molecule has 0 unspecified atom stereocenters. The summed E-state index contributed by atoms with van der Waals surface area (Å²) in [5.41, 5.74) is 0.362. The van der Waals surface area contributed by atoms with Gasteiger partial charge in [0.1, 0.15) is 5.75 Å². The fraction of sp³-hybridized carbons (Fsp3) is 0.143. The summed E-state index contributed by atoms with van der Waals surface area (Å²) in [7, 11) is 1.46. The molecule has 3 aromatic rings. The van der Waals surface area contributed by atoms with Gasteiger partial charge in [0.2, 0.25) is 5.82 Å². The van der Waals surface area contributed by atoms with Crippen molar-refractivity contribution in [2.45, 2.75) is 6.36 Å². The zero-order valence-electron chi connectivity index (χ0n) is 12.2. The van der Waals surface area contributed by atoms with E-state index in [2.05, 4.69) is 19.8 Å². The van der Waals surface area contributed by atoms with Gasteiger partial charge in [0.15, 0.2) is 0 Å². The maximum atomic E-state index is 12.4. The van der Waals surface area contributed by atoms with Gasteiger partial charge in [-0.25, -0.2) is 9.50 Å². The van der Waals surface area contributed by atoms with Crippen LogP contribution < -0.4 is 9.64 Å². The molecular weight excluding hydrogens is 327 g/mol. The molecule has 0 saturated carbocycles. The lowest BCUT2D eigenvalue weighted by Crippen LogP contribution is -2.27. The lowest BCUT2D eigenvalue weighted by atomic mass is 10.2. The normalized spacial score (nSPS) is 11.5. The van der Waals surface area contributed by atoms with Crippen LogP contribution >= 0.6 is 0 Å². The molecule has 0 fully saturated rings. The minimum atomic E-state index is -4.77. The van der Waals surface area contributed by atoms with Crippen LogP contribution in [0.15, 0.2) is 42.7 Å². The number of hydrogen-bond acceptors (Lipinski definition) is 5. The maximum absolute atomic E-state index is 12.4. The van der Waals surface area contributed by atoms with E-state index in [0.29, 0.717) is 5.69 Å². The summed E-state index contributed by atoms with van der Waals surface area (Å²) in [5, 5.41) is 4.00. The van der Waals surface area contributed by atoms with Gasteiger partial charge in [-0.2, -0.15) is 4.98 Å². The summed E-state index contributed by atoms with van der Waals surface area (Å²) >= 11 is 0. The lowest BCUT2D eigenvalue weighted by molar-refractivity contribution is -0.274. The molecular formula is C14H10F3N5O2. The van der Waals surface area contributed by atoms with E-state index >= 15 is 0 Å². The molecule has 2 heterocycles. The Morgan fingerprint density at radius 2 is 1.96 bits per heavy atom. The predicted molar refractivity (Wildman–Crippen MR) is 76.6 cm³/mol. The molecule has 0 radical (unpaired) electrons. The molecule has 0 atom stereocenters. The Kier molecular flexibility index (Phi) is 3.80. The Morgan fingerprint density at radius 3 is 2.58 bits per heavy atom.